The summed E-state index contributed by atoms with van der Waals surface area (Å²) in [7, 11) is 0. The number of unbranched alkanes of at least 4 members (excludes halogenated alkanes) is 2. The molecule has 0 radical (unpaired) electrons. The first-order valence-electron chi connectivity index (χ1n) is 5.10. The van der Waals surface area contributed by atoms with Crippen molar-refractivity contribution in [3.63, 3.8) is 0 Å². The molecule has 1 aromatic heterocycles. The first kappa shape index (κ1) is 14.9. The summed E-state index contributed by atoms with van der Waals surface area (Å²) in [5, 5.41) is 0. The molecule has 2 nitrogen and oxygen atoms in total. The summed E-state index contributed by atoms with van der Waals surface area (Å²) in [6, 6.07) is 2.18. The smallest absolute Gasteiger partial charge is 0.0410 e. The van der Waals surface area contributed by atoms with E-state index in [0.29, 0.717) is 0 Å². The van der Waals surface area contributed by atoms with E-state index in [9.17, 15) is 0 Å². The highest BCUT2D eigenvalue weighted by atomic mass is 79.9. The molecular formula is C11H18BrClN2. The van der Waals surface area contributed by atoms with Crippen LogP contribution in [0.4, 0.5) is 0 Å². The zero-order valence-electron chi connectivity index (χ0n) is 8.95. The van der Waals surface area contributed by atoms with Crippen LogP contribution in [-0.4, -0.2) is 4.98 Å². The lowest BCUT2D eigenvalue weighted by Gasteiger charge is -2.11. The summed E-state index contributed by atoms with van der Waals surface area (Å²) in [4.78, 5) is 4.11. The van der Waals surface area contributed by atoms with E-state index < -0.39 is 0 Å². The Morgan fingerprint density at radius 1 is 1.40 bits per heavy atom. The van der Waals surface area contributed by atoms with Crippen LogP contribution in [0.1, 0.15) is 44.2 Å². The predicted molar refractivity (Wildman–Crippen MR) is 70.3 cm³/mol. The van der Waals surface area contributed by atoms with Crippen LogP contribution >= 0.6 is 28.3 Å². The lowest BCUT2D eigenvalue weighted by Crippen LogP contribution is -2.10. The van der Waals surface area contributed by atoms with Gasteiger partial charge >= 0.3 is 0 Å². The van der Waals surface area contributed by atoms with Gasteiger partial charge in [0.25, 0.3) is 0 Å². The minimum atomic E-state index is 0. The molecule has 15 heavy (non-hydrogen) atoms. The molecule has 0 aliphatic rings. The van der Waals surface area contributed by atoms with Crippen LogP contribution in [0.15, 0.2) is 22.9 Å². The van der Waals surface area contributed by atoms with Crippen LogP contribution < -0.4 is 5.73 Å². The predicted octanol–water partition coefficient (Wildman–Crippen LogP) is 3.85. The summed E-state index contributed by atoms with van der Waals surface area (Å²) in [6.45, 7) is 2.20. The van der Waals surface area contributed by atoms with Gasteiger partial charge in [-0.05, 0) is 34.0 Å². The van der Waals surface area contributed by atoms with E-state index in [1.54, 1.807) is 6.20 Å². The second kappa shape index (κ2) is 8.08. The summed E-state index contributed by atoms with van der Waals surface area (Å²) in [5.41, 5.74) is 7.16. The van der Waals surface area contributed by atoms with Crippen molar-refractivity contribution in [2.24, 2.45) is 5.73 Å². The molecular weight excluding hydrogens is 275 g/mol. The van der Waals surface area contributed by atoms with Gasteiger partial charge in [0.2, 0.25) is 0 Å². The van der Waals surface area contributed by atoms with E-state index in [0.717, 1.165) is 16.5 Å². The third-order valence-electron chi connectivity index (χ3n) is 2.27. The maximum Gasteiger partial charge on any atom is 0.0410 e. The van der Waals surface area contributed by atoms with E-state index in [1.165, 1.54) is 19.3 Å². The number of nitrogens with two attached hydrogens (primary N) is 1. The molecule has 1 atom stereocenters. The van der Waals surface area contributed by atoms with Gasteiger partial charge in [-0.3, -0.25) is 4.98 Å². The van der Waals surface area contributed by atoms with Crippen LogP contribution in [0.5, 0.6) is 0 Å². The molecule has 0 aromatic carbocycles. The third-order valence-corrected chi connectivity index (χ3v) is 2.71. The van der Waals surface area contributed by atoms with Gasteiger partial charge in [0, 0.05) is 22.9 Å². The topological polar surface area (TPSA) is 38.9 Å². The van der Waals surface area contributed by atoms with E-state index in [1.807, 2.05) is 12.3 Å². The Kier molecular flexibility index (Phi) is 8.02. The second-order valence-electron chi connectivity index (χ2n) is 3.54. The third kappa shape index (κ3) is 5.50. The van der Waals surface area contributed by atoms with Crippen molar-refractivity contribution in [2.45, 2.75) is 38.6 Å². The largest absolute Gasteiger partial charge is 0.324 e. The van der Waals surface area contributed by atoms with Crippen molar-refractivity contribution < 1.29 is 0 Å². The summed E-state index contributed by atoms with van der Waals surface area (Å²) >= 11 is 3.39. The minimum absolute atomic E-state index is 0. The number of pyridine rings is 1. The standard InChI is InChI=1S/C11H17BrN2.ClH/c1-2-3-4-5-11(13)9-6-10(12)8-14-7-9;/h6-8,11H,2-5,13H2,1H3;1H/t11-;/m1./s1. The molecule has 0 bridgehead atoms. The van der Waals surface area contributed by atoms with Crippen LogP contribution in [0.25, 0.3) is 0 Å². The zero-order valence-corrected chi connectivity index (χ0v) is 11.4. The van der Waals surface area contributed by atoms with Crippen molar-refractivity contribution in [3.05, 3.63) is 28.5 Å². The normalized spacial score (nSPS) is 11.9. The molecule has 0 saturated heterocycles. The van der Waals surface area contributed by atoms with E-state index >= 15 is 0 Å². The van der Waals surface area contributed by atoms with Crippen LogP contribution in [-0.2, 0) is 0 Å². The Labute approximate surface area is 106 Å². The number of hydrogen-bond acceptors (Lipinski definition) is 2. The Bertz CT molecular complexity index is 281. The molecule has 0 aliphatic carbocycles. The molecule has 86 valence electrons. The van der Waals surface area contributed by atoms with Crippen LogP contribution in [0, 0.1) is 0 Å². The summed E-state index contributed by atoms with van der Waals surface area (Å²) < 4.78 is 1.00. The van der Waals surface area contributed by atoms with Gasteiger partial charge in [-0.15, -0.1) is 12.4 Å². The summed E-state index contributed by atoms with van der Waals surface area (Å²) in [6.07, 6.45) is 8.37. The average molecular weight is 294 g/mol. The maximum atomic E-state index is 6.04. The average Bonchev–Trinajstić information content (AvgIpc) is 2.18. The zero-order chi connectivity index (χ0) is 10.4. The molecule has 4 heteroatoms. The van der Waals surface area contributed by atoms with Gasteiger partial charge in [0.15, 0.2) is 0 Å². The van der Waals surface area contributed by atoms with Gasteiger partial charge in [-0.25, -0.2) is 0 Å². The van der Waals surface area contributed by atoms with Gasteiger partial charge < -0.3 is 5.73 Å². The lowest BCUT2D eigenvalue weighted by atomic mass is 10.0. The molecule has 0 amide bonds. The molecule has 0 saturated carbocycles. The highest BCUT2D eigenvalue weighted by molar-refractivity contribution is 9.10. The van der Waals surface area contributed by atoms with Gasteiger partial charge in [0.1, 0.15) is 0 Å². The number of aromatic nitrogens is 1. The maximum absolute atomic E-state index is 6.04. The molecule has 0 unspecified atom stereocenters. The van der Waals surface area contributed by atoms with Crippen LogP contribution in [0.2, 0.25) is 0 Å². The number of rotatable bonds is 5. The molecule has 0 spiro atoms. The molecule has 2 N–H and O–H groups in total. The van der Waals surface area contributed by atoms with Gasteiger partial charge in [-0.2, -0.15) is 0 Å². The Hall–Kier alpha value is -0.120. The van der Waals surface area contributed by atoms with Crippen molar-refractivity contribution >= 4 is 28.3 Å². The van der Waals surface area contributed by atoms with E-state index in [-0.39, 0.29) is 18.4 Å². The monoisotopic (exact) mass is 292 g/mol. The SMILES string of the molecule is CCCCC[C@@H](N)c1cncc(Br)c1.Cl. The lowest BCUT2D eigenvalue weighted by molar-refractivity contribution is 0.580. The molecule has 1 aromatic rings. The van der Waals surface area contributed by atoms with E-state index in [4.69, 9.17) is 5.73 Å². The fraction of sp³-hybridized carbons (Fsp3) is 0.545. The number of nitrogens with zero attached hydrogens (tertiary/aromatic N) is 1. The first-order chi connectivity index (χ1) is 6.74. The van der Waals surface area contributed by atoms with Crippen molar-refractivity contribution in [1.29, 1.82) is 0 Å². The highest BCUT2D eigenvalue weighted by Crippen LogP contribution is 2.19. The van der Waals surface area contributed by atoms with E-state index in [2.05, 4.69) is 27.8 Å². The highest BCUT2D eigenvalue weighted by Gasteiger charge is 2.05. The Morgan fingerprint density at radius 3 is 2.73 bits per heavy atom. The number of hydrogen-bond donors (Lipinski definition) is 1. The van der Waals surface area contributed by atoms with Gasteiger partial charge in [0.05, 0.1) is 0 Å². The van der Waals surface area contributed by atoms with Crippen LogP contribution in [0.3, 0.4) is 0 Å². The Balaban J connectivity index is 0.00000196. The molecule has 0 fully saturated rings. The minimum Gasteiger partial charge on any atom is -0.324 e. The Morgan fingerprint density at radius 2 is 2.13 bits per heavy atom. The second-order valence-corrected chi connectivity index (χ2v) is 4.45. The fourth-order valence-corrected chi connectivity index (χ4v) is 1.79. The number of halogens is 2. The molecule has 1 heterocycles. The van der Waals surface area contributed by atoms with Crippen molar-refractivity contribution in [1.82, 2.24) is 4.98 Å². The quantitative estimate of drug-likeness (QED) is 0.838. The van der Waals surface area contributed by atoms with Crippen molar-refractivity contribution in [2.75, 3.05) is 0 Å². The van der Waals surface area contributed by atoms with Gasteiger partial charge in [-0.1, -0.05) is 26.2 Å². The summed E-state index contributed by atoms with van der Waals surface area (Å²) in [5.74, 6) is 0. The first-order valence-corrected chi connectivity index (χ1v) is 5.89. The van der Waals surface area contributed by atoms with Crippen molar-refractivity contribution in [3.8, 4) is 0 Å². The fourth-order valence-electron chi connectivity index (χ4n) is 1.41. The molecule has 0 aliphatic heterocycles. The molecule has 1 rings (SSSR count).